The highest BCUT2D eigenvalue weighted by atomic mass is 16.4. The van der Waals surface area contributed by atoms with Gasteiger partial charge in [-0.3, -0.25) is 5.32 Å². The molecule has 0 unspecified atom stereocenters. The summed E-state index contributed by atoms with van der Waals surface area (Å²) in [7, 11) is 0. The maximum atomic E-state index is 10.3. The molecule has 0 spiro atoms. The molecule has 0 saturated heterocycles. The molecule has 1 heterocycles. The Morgan fingerprint density at radius 1 is 1.29 bits per heavy atom. The molecule has 0 radical (unpaired) electrons. The first-order valence-electron chi connectivity index (χ1n) is 3.98. The summed E-state index contributed by atoms with van der Waals surface area (Å²) in [6.45, 7) is 0. The third-order valence-electron chi connectivity index (χ3n) is 1.73. The van der Waals surface area contributed by atoms with Gasteiger partial charge in [0.15, 0.2) is 5.82 Å². The quantitative estimate of drug-likeness (QED) is 0.716. The Hall–Kier alpha value is -2.17. The topological polar surface area (TPSA) is 75.1 Å². The van der Waals surface area contributed by atoms with Crippen molar-refractivity contribution in [2.45, 2.75) is 0 Å². The highest BCUT2D eigenvalue weighted by molar-refractivity contribution is 5.86. The van der Waals surface area contributed by atoms with Crippen LogP contribution in [0, 0.1) is 0 Å². The lowest BCUT2D eigenvalue weighted by atomic mass is 10.2. The van der Waals surface area contributed by atoms with Gasteiger partial charge in [-0.1, -0.05) is 18.2 Å². The fourth-order valence-corrected chi connectivity index (χ4v) is 1.16. The Bertz CT molecular complexity index is 484. The number of amides is 1. The Labute approximate surface area is 79.4 Å². The smallest absolute Gasteiger partial charge is 0.410 e. The van der Waals surface area contributed by atoms with E-state index in [4.69, 9.17) is 5.11 Å². The number of fused-ring (bicyclic) bond motifs is 1. The van der Waals surface area contributed by atoms with Crippen molar-refractivity contribution in [1.29, 1.82) is 0 Å². The molecule has 5 nitrogen and oxygen atoms in total. The minimum absolute atomic E-state index is 0.233. The number of aromatic nitrogens is 2. The molecule has 2 aromatic rings. The van der Waals surface area contributed by atoms with Crippen molar-refractivity contribution in [2.75, 3.05) is 5.32 Å². The highest BCUT2D eigenvalue weighted by Crippen LogP contribution is 2.13. The van der Waals surface area contributed by atoms with E-state index < -0.39 is 6.09 Å². The van der Waals surface area contributed by atoms with E-state index in [1.807, 2.05) is 24.3 Å². The van der Waals surface area contributed by atoms with E-state index in [0.717, 1.165) is 10.9 Å². The number of anilines is 1. The SMILES string of the molecule is O=C(O)Nc1cc2ccccc2nn1. The zero-order valence-electron chi connectivity index (χ0n) is 7.14. The molecule has 0 aliphatic rings. The fourth-order valence-electron chi connectivity index (χ4n) is 1.16. The Kier molecular flexibility index (Phi) is 1.98. The first-order valence-corrected chi connectivity index (χ1v) is 3.98. The van der Waals surface area contributed by atoms with Crippen LogP contribution in [0.4, 0.5) is 10.6 Å². The summed E-state index contributed by atoms with van der Waals surface area (Å²) in [4.78, 5) is 10.3. The van der Waals surface area contributed by atoms with E-state index in [-0.39, 0.29) is 5.82 Å². The molecule has 0 fully saturated rings. The molecule has 1 amide bonds. The van der Waals surface area contributed by atoms with Crippen LogP contribution in [0.3, 0.4) is 0 Å². The van der Waals surface area contributed by atoms with Gasteiger partial charge >= 0.3 is 6.09 Å². The molecular weight excluding hydrogens is 182 g/mol. The summed E-state index contributed by atoms with van der Waals surface area (Å²) in [5.74, 6) is 0.233. The number of hydrogen-bond acceptors (Lipinski definition) is 3. The Morgan fingerprint density at radius 3 is 2.86 bits per heavy atom. The van der Waals surface area contributed by atoms with Gasteiger partial charge in [0.05, 0.1) is 5.52 Å². The fraction of sp³-hybridized carbons (Fsp3) is 0. The monoisotopic (exact) mass is 189 g/mol. The van der Waals surface area contributed by atoms with Crippen LogP contribution < -0.4 is 5.32 Å². The summed E-state index contributed by atoms with van der Waals surface area (Å²) in [6.07, 6.45) is -1.14. The zero-order chi connectivity index (χ0) is 9.97. The molecule has 2 N–H and O–H groups in total. The van der Waals surface area contributed by atoms with Crippen LogP contribution in [0.2, 0.25) is 0 Å². The Morgan fingerprint density at radius 2 is 2.07 bits per heavy atom. The lowest BCUT2D eigenvalue weighted by Gasteiger charge is -1.99. The van der Waals surface area contributed by atoms with Crippen LogP contribution in [0.15, 0.2) is 30.3 Å². The number of carboxylic acid groups (broad SMARTS) is 1. The first kappa shape index (κ1) is 8.43. The molecule has 0 aliphatic heterocycles. The van der Waals surface area contributed by atoms with Gasteiger partial charge in [0.2, 0.25) is 0 Å². The van der Waals surface area contributed by atoms with E-state index in [0.29, 0.717) is 0 Å². The molecule has 5 heteroatoms. The maximum Gasteiger partial charge on any atom is 0.410 e. The van der Waals surface area contributed by atoms with E-state index in [9.17, 15) is 4.79 Å². The predicted octanol–water partition coefficient (Wildman–Crippen LogP) is 1.72. The predicted molar refractivity (Wildman–Crippen MR) is 51.2 cm³/mol. The van der Waals surface area contributed by atoms with Gasteiger partial charge in [-0.05, 0) is 12.1 Å². The van der Waals surface area contributed by atoms with Gasteiger partial charge < -0.3 is 5.11 Å². The van der Waals surface area contributed by atoms with Crippen molar-refractivity contribution in [3.05, 3.63) is 30.3 Å². The van der Waals surface area contributed by atoms with Crippen molar-refractivity contribution in [2.24, 2.45) is 0 Å². The molecule has 0 atom stereocenters. The second-order valence-electron chi connectivity index (χ2n) is 2.72. The lowest BCUT2D eigenvalue weighted by molar-refractivity contribution is 0.209. The molecule has 1 aromatic heterocycles. The van der Waals surface area contributed by atoms with Gasteiger partial charge in [-0.2, -0.15) is 0 Å². The van der Waals surface area contributed by atoms with E-state index in [1.165, 1.54) is 0 Å². The molecule has 0 aliphatic carbocycles. The van der Waals surface area contributed by atoms with Crippen LogP contribution in [-0.2, 0) is 0 Å². The van der Waals surface area contributed by atoms with Crippen molar-refractivity contribution in [3.63, 3.8) is 0 Å². The normalized spacial score (nSPS) is 10.0. The third-order valence-corrected chi connectivity index (χ3v) is 1.73. The second kappa shape index (κ2) is 3.29. The van der Waals surface area contributed by atoms with Gasteiger partial charge in [-0.15, -0.1) is 10.2 Å². The van der Waals surface area contributed by atoms with E-state index in [2.05, 4.69) is 15.5 Å². The third kappa shape index (κ3) is 1.61. The molecule has 14 heavy (non-hydrogen) atoms. The van der Waals surface area contributed by atoms with Crippen LogP contribution in [0.1, 0.15) is 0 Å². The van der Waals surface area contributed by atoms with Crippen LogP contribution in [0.25, 0.3) is 10.9 Å². The second-order valence-corrected chi connectivity index (χ2v) is 2.72. The molecular formula is C9H7N3O2. The zero-order valence-corrected chi connectivity index (χ0v) is 7.14. The Balaban J connectivity index is 2.46. The van der Waals surface area contributed by atoms with Crippen molar-refractivity contribution in [1.82, 2.24) is 10.2 Å². The minimum Gasteiger partial charge on any atom is -0.465 e. The van der Waals surface area contributed by atoms with Crippen LogP contribution in [-0.4, -0.2) is 21.4 Å². The van der Waals surface area contributed by atoms with Gasteiger partial charge in [0.25, 0.3) is 0 Å². The summed E-state index contributed by atoms with van der Waals surface area (Å²) in [6, 6.07) is 9.00. The van der Waals surface area contributed by atoms with Gasteiger partial charge in [0.1, 0.15) is 0 Å². The number of benzene rings is 1. The van der Waals surface area contributed by atoms with Crippen LogP contribution >= 0.6 is 0 Å². The highest BCUT2D eigenvalue weighted by Gasteiger charge is 2.01. The number of hydrogen-bond donors (Lipinski definition) is 2. The number of nitrogens with zero attached hydrogens (tertiary/aromatic N) is 2. The minimum atomic E-state index is -1.14. The standard InChI is InChI=1S/C9H7N3O2/c13-9(14)10-8-5-6-3-1-2-4-7(6)11-12-8/h1-5H,(H,10,12)(H,13,14). The summed E-state index contributed by atoms with van der Waals surface area (Å²) < 4.78 is 0. The van der Waals surface area contributed by atoms with Gasteiger partial charge in [-0.25, -0.2) is 4.79 Å². The summed E-state index contributed by atoms with van der Waals surface area (Å²) in [5.41, 5.74) is 0.739. The summed E-state index contributed by atoms with van der Waals surface area (Å²) >= 11 is 0. The lowest BCUT2D eigenvalue weighted by Crippen LogP contribution is -2.09. The molecule has 2 rings (SSSR count). The number of carbonyl (C=O) groups is 1. The van der Waals surface area contributed by atoms with Crippen molar-refractivity contribution < 1.29 is 9.90 Å². The maximum absolute atomic E-state index is 10.3. The first-order chi connectivity index (χ1) is 6.75. The van der Waals surface area contributed by atoms with E-state index in [1.54, 1.807) is 6.07 Å². The molecule has 0 saturated carbocycles. The number of rotatable bonds is 1. The van der Waals surface area contributed by atoms with Crippen molar-refractivity contribution >= 4 is 22.8 Å². The average Bonchev–Trinajstić information content (AvgIpc) is 2.17. The average molecular weight is 189 g/mol. The largest absolute Gasteiger partial charge is 0.465 e. The van der Waals surface area contributed by atoms with E-state index >= 15 is 0 Å². The molecule has 0 bridgehead atoms. The van der Waals surface area contributed by atoms with Gasteiger partial charge in [0, 0.05) is 5.39 Å². The molecule has 70 valence electrons. The summed E-state index contributed by atoms with van der Waals surface area (Å²) in [5, 5.41) is 19.0. The van der Waals surface area contributed by atoms with Crippen molar-refractivity contribution in [3.8, 4) is 0 Å². The molecule has 1 aromatic carbocycles. The van der Waals surface area contributed by atoms with Crippen LogP contribution in [0.5, 0.6) is 0 Å². The number of nitrogens with one attached hydrogen (secondary N) is 1.